The molecule has 3 heteroatoms. The summed E-state index contributed by atoms with van der Waals surface area (Å²) in [6.07, 6.45) is 8.84. The zero-order valence-electron chi connectivity index (χ0n) is 10.4. The maximum atomic E-state index is 4.15. The van der Waals surface area contributed by atoms with E-state index >= 15 is 0 Å². The lowest BCUT2D eigenvalue weighted by atomic mass is 9.84. The molecule has 0 saturated carbocycles. The van der Waals surface area contributed by atoms with E-state index in [4.69, 9.17) is 0 Å². The highest BCUT2D eigenvalue weighted by atomic mass is 15.3. The first kappa shape index (κ1) is 11.2. The molecule has 1 N–H and O–H groups in total. The van der Waals surface area contributed by atoms with Crippen molar-refractivity contribution in [2.75, 3.05) is 11.9 Å². The summed E-state index contributed by atoms with van der Waals surface area (Å²) in [5, 5.41) is 7.62. The number of hydrogen-bond donors (Lipinski definition) is 1. The van der Waals surface area contributed by atoms with Crippen molar-refractivity contribution in [2.45, 2.75) is 26.7 Å². The van der Waals surface area contributed by atoms with Gasteiger partial charge in [-0.05, 0) is 31.6 Å². The molecule has 1 heterocycles. The van der Waals surface area contributed by atoms with Gasteiger partial charge in [0.15, 0.2) is 0 Å². The molecule has 1 aliphatic carbocycles. The minimum absolute atomic E-state index is 0.731. The summed E-state index contributed by atoms with van der Waals surface area (Å²) in [4.78, 5) is 0. The SMILES string of the molecule is CC1=CC(C)CC(CNc2cnn(C)c2)C1. The second-order valence-electron chi connectivity index (χ2n) is 5.08. The quantitative estimate of drug-likeness (QED) is 0.792. The lowest BCUT2D eigenvalue weighted by Gasteiger charge is -2.25. The van der Waals surface area contributed by atoms with E-state index in [1.807, 2.05) is 24.1 Å². The Morgan fingerprint density at radius 3 is 3.00 bits per heavy atom. The molecule has 2 atom stereocenters. The molecule has 0 radical (unpaired) electrons. The molecule has 88 valence electrons. The highest BCUT2D eigenvalue weighted by molar-refractivity contribution is 5.38. The molecule has 16 heavy (non-hydrogen) atoms. The predicted octanol–water partition coefficient (Wildman–Crippen LogP) is 2.82. The van der Waals surface area contributed by atoms with Crippen LogP contribution in [0.15, 0.2) is 24.0 Å². The standard InChI is InChI=1S/C13H21N3/c1-10-4-11(2)6-12(5-10)7-14-13-8-15-16(3)9-13/h4,8-10,12,14H,5-7H2,1-3H3. The molecule has 2 unspecified atom stereocenters. The normalized spacial score (nSPS) is 25.3. The molecule has 0 aliphatic heterocycles. The van der Waals surface area contributed by atoms with Crippen molar-refractivity contribution in [1.82, 2.24) is 9.78 Å². The molecule has 0 amide bonds. The van der Waals surface area contributed by atoms with Gasteiger partial charge in [0.25, 0.3) is 0 Å². The number of allylic oxidation sites excluding steroid dienone is 2. The lowest BCUT2D eigenvalue weighted by molar-refractivity contribution is 0.421. The second kappa shape index (κ2) is 4.73. The third-order valence-corrected chi connectivity index (χ3v) is 3.18. The Hall–Kier alpha value is -1.25. The van der Waals surface area contributed by atoms with Gasteiger partial charge in [0.05, 0.1) is 11.9 Å². The van der Waals surface area contributed by atoms with E-state index in [-0.39, 0.29) is 0 Å². The molecule has 1 aromatic rings. The summed E-state index contributed by atoms with van der Waals surface area (Å²) >= 11 is 0. The highest BCUT2D eigenvalue weighted by Gasteiger charge is 2.17. The average Bonchev–Trinajstić information content (AvgIpc) is 2.60. The van der Waals surface area contributed by atoms with Gasteiger partial charge >= 0.3 is 0 Å². The molecule has 0 fully saturated rings. The van der Waals surface area contributed by atoms with E-state index in [1.165, 1.54) is 18.4 Å². The Morgan fingerprint density at radius 2 is 2.38 bits per heavy atom. The van der Waals surface area contributed by atoms with Crippen molar-refractivity contribution < 1.29 is 0 Å². The largest absolute Gasteiger partial charge is 0.382 e. The zero-order chi connectivity index (χ0) is 11.5. The van der Waals surface area contributed by atoms with E-state index in [2.05, 4.69) is 30.3 Å². The van der Waals surface area contributed by atoms with Gasteiger partial charge in [0, 0.05) is 19.8 Å². The van der Waals surface area contributed by atoms with E-state index in [0.717, 1.165) is 24.1 Å². The maximum Gasteiger partial charge on any atom is 0.0726 e. The van der Waals surface area contributed by atoms with Crippen LogP contribution in [-0.4, -0.2) is 16.3 Å². The van der Waals surface area contributed by atoms with Gasteiger partial charge < -0.3 is 5.32 Å². The third-order valence-electron chi connectivity index (χ3n) is 3.18. The van der Waals surface area contributed by atoms with E-state index in [1.54, 1.807) is 0 Å². The Bertz CT molecular complexity index is 378. The molecule has 2 rings (SSSR count). The Balaban J connectivity index is 1.85. The molecular weight excluding hydrogens is 198 g/mol. The van der Waals surface area contributed by atoms with Gasteiger partial charge in [0.1, 0.15) is 0 Å². The van der Waals surface area contributed by atoms with Gasteiger partial charge in [-0.25, -0.2) is 0 Å². The number of aryl methyl sites for hydroxylation is 1. The van der Waals surface area contributed by atoms with Gasteiger partial charge in [0.2, 0.25) is 0 Å². The molecule has 1 aromatic heterocycles. The fourth-order valence-corrected chi connectivity index (χ4v) is 2.62. The maximum absolute atomic E-state index is 4.15. The molecule has 0 aromatic carbocycles. The van der Waals surface area contributed by atoms with Crippen molar-refractivity contribution in [2.24, 2.45) is 18.9 Å². The van der Waals surface area contributed by atoms with Crippen LogP contribution < -0.4 is 5.32 Å². The fraction of sp³-hybridized carbons (Fsp3) is 0.615. The Kier molecular flexibility index (Phi) is 3.32. The number of anilines is 1. The Labute approximate surface area is 97.5 Å². The van der Waals surface area contributed by atoms with Crippen molar-refractivity contribution in [3.05, 3.63) is 24.0 Å². The van der Waals surface area contributed by atoms with Crippen molar-refractivity contribution in [3.8, 4) is 0 Å². The van der Waals surface area contributed by atoms with Crippen LogP contribution in [0.3, 0.4) is 0 Å². The van der Waals surface area contributed by atoms with Gasteiger partial charge in [-0.15, -0.1) is 0 Å². The van der Waals surface area contributed by atoms with Crippen LogP contribution in [0, 0.1) is 11.8 Å². The predicted molar refractivity (Wildman–Crippen MR) is 67.3 cm³/mol. The van der Waals surface area contributed by atoms with E-state index in [9.17, 15) is 0 Å². The zero-order valence-corrected chi connectivity index (χ0v) is 10.4. The topological polar surface area (TPSA) is 29.9 Å². The monoisotopic (exact) mass is 219 g/mol. The van der Waals surface area contributed by atoms with Gasteiger partial charge in [-0.3, -0.25) is 4.68 Å². The summed E-state index contributed by atoms with van der Waals surface area (Å²) in [6, 6.07) is 0. The lowest BCUT2D eigenvalue weighted by Crippen LogP contribution is -2.20. The smallest absolute Gasteiger partial charge is 0.0726 e. The fourth-order valence-electron chi connectivity index (χ4n) is 2.62. The third kappa shape index (κ3) is 2.87. The first-order chi connectivity index (χ1) is 7.63. The molecule has 3 nitrogen and oxygen atoms in total. The van der Waals surface area contributed by atoms with Crippen LogP contribution in [0.4, 0.5) is 5.69 Å². The number of nitrogens with zero attached hydrogens (tertiary/aromatic N) is 2. The highest BCUT2D eigenvalue weighted by Crippen LogP contribution is 2.27. The summed E-state index contributed by atoms with van der Waals surface area (Å²) in [5.74, 6) is 1.50. The summed E-state index contributed by atoms with van der Waals surface area (Å²) in [6.45, 7) is 5.60. The van der Waals surface area contributed by atoms with E-state index in [0.29, 0.717) is 0 Å². The first-order valence-electron chi connectivity index (χ1n) is 6.03. The molecule has 0 saturated heterocycles. The Morgan fingerprint density at radius 1 is 1.56 bits per heavy atom. The first-order valence-corrected chi connectivity index (χ1v) is 6.03. The minimum atomic E-state index is 0.731. The van der Waals surface area contributed by atoms with Crippen molar-refractivity contribution in [3.63, 3.8) is 0 Å². The van der Waals surface area contributed by atoms with Crippen molar-refractivity contribution >= 4 is 5.69 Å². The summed E-state index contributed by atoms with van der Waals surface area (Å²) < 4.78 is 1.83. The van der Waals surface area contributed by atoms with Crippen LogP contribution in [0.5, 0.6) is 0 Å². The second-order valence-corrected chi connectivity index (χ2v) is 5.08. The summed E-state index contributed by atoms with van der Waals surface area (Å²) in [7, 11) is 1.95. The number of aromatic nitrogens is 2. The number of nitrogens with one attached hydrogen (secondary N) is 1. The van der Waals surface area contributed by atoms with Gasteiger partial charge in [-0.2, -0.15) is 5.10 Å². The average molecular weight is 219 g/mol. The number of rotatable bonds is 3. The molecule has 0 spiro atoms. The van der Waals surface area contributed by atoms with Crippen LogP contribution in [-0.2, 0) is 7.05 Å². The number of hydrogen-bond acceptors (Lipinski definition) is 2. The molecule has 1 aliphatic rings. The van der Waals surface area contributed by atoms with Crippen molar-refractivity contribution in [1.29, 1.82) is 0 Å². The minimum Gasteiger partial charge on any atom is -0.382 e. The van der Waals surface area contributed by atoms with Gasteiger partial charge in [-0.1, -0.05) is 18.6 Å². The molecular formula is C13H21N3. The molecule has 0 bridgehead atoms. The van der Waals surface area contributed by atoms with Crippen LogP contribution >= 0.6 is 0 Å². The van der Waals surface area contributed by atoms with Crippen LogP contribution in [0.1, 0.15) is 26.7 Å². The van der Waals surface area contributed by atoms with Crippen LogP contribution in [0.25, 0.3) is 0 Å². The van der Waals surface area contributed by atoms with Crippen LogP contribution in [0.2, 0.25) is 0 Å². The van der Waals surface area contributed by atoms with E-state index < -0.39 is 0 Å². The summed E-state index contributed by atoms with van der Waals surface area (Å²) in [5.41, 5.74) is 2.67.